The highest BCUT2D eigenvalue weighted by Gasteiger charge is 2.31. The number of carbonyl (C=O) groups is 1. The van der Waals surface area contributed by atoms with Crippen LogP contribution in [-0.4, -0.2) is 28.6 Å². The molecular formula is C12H14N4O2. The van der Waals surface area contributed by atoms with Gasteiger partial charge in [-0.2, -0.15) is 5.26 Å². The van der Waals surface area contributed by atoms with Gasteiger partial charge in [0.1, 0.15) is 0 Å². The van der Waals surface area contributed by atoms with Crippen molar-refractivity contribution in [3.8, 4) is 6.07 Å². The second-order valence-corrected chi connectivity index (χ2v) is 4.23. The number of carboxylic acid groups (broad SMARTS) is 1. The Morgan fingerprint density at radius 1 is 1.67 bits per heavy atom. The smallest absolute Gasteiger partial charge is 0.337 e. The average molecular weight is 246 g/mol. The van der Waals surface area contributed by atoms with Gasteiger partial charge in [0.05, 0.1) is 23.7 Å². The first-order chi connectivity index (χ1) is 8.65. The van der Waals surface area contributed by atoms with Gasteiger partial charge in [-0.05, 0) is 18.9 Å². The Bertz CT molecular complexity index is 505. The number of anilines is 2. The molecule has 1 heterocycles. The Kier molecular flexibility index (Phi) is 3.33. The summed E-state index contributed by atoms with van der Waals surface area (Å²) >= 11 is 0. The fourth-order valence-corrected chi connectivity index (χ4v) is 1.90. The summed E-state index contributed by atoms with van der Waals surface area (Å²) in [5, 5.41) is 17.7. The predicted octanol–water partition coefficient (Wildman–Crippen LogP) is 1.24. The number of carboxylic acids is 1. The fraction of sp³-hybridized carbons (Fsp3) is 0.417. The molecule has 0 atom stereocenters. The highest BCUT2D eigenvalue weighted by molar-refractivity contribution is 5.96. The monoisotopic (exact) mass is 246 g/mol. The summed E-state index contributed by atoms with van der Waals surface area (Å²) in [6.45, 7) is 0.529. The number of aromatic carboxylic acids is 1. The van der Waals surface area contributed by atoms with Crippen LogP contribution in [0.2, 0.25) is 0 Å². The minimum Gasteiger partial charge on any atom is -0.478 e. The van der Waals surface area contributed by atoms with Gasteiger partial charge in [-0.25, -0.2) is 9.78 Å². The van der Waals surface area contributed by atoms with Gasteiger partial charge >= 0.3 is 5.97 Å². The molecule has 18 heavy (non-hydrogen) atoms. The molecule has 0 bridgehead atoms. The number of hydrogen-bond acceptors (Lipinski definition) is 5. The molecule has 1 aliphatic carbocycles. The van der Waals surface area contributed by atoms with Crippen molar-refractivity contribution in [2.75, 3.05) is 17.2 Å². The number of nitrogen functional groups attached to an aromatic ring is 1. The topological polar surface area (TPSA) is 103 Å². The Morgan fingerprint density at radius 3 is 2.94 bits per heavy atom. The third kappa shape index (κ3) is 2.35. The molecule has 1 aromatic heterocycles. The Labute approximate surface area is 105 Å². The summed E-state index contributed by atoms with van der Waals surface area (Å²) in [4.78, 5) is 17.1. The second-order valence-electron chi connectivity index (χ2n) is 4.23. The molecule has 0 aliphatic heterocycles. The SMILES string of the molecule is N#CCCN(c1nccc(C(=O)O)c1N)C1CC1. The van der Waals surface area contributed by atoms with Gasteiger partial charge in [0, 0.05) is 18.8 Å². The molecule has 2 rings (SSSR count). The molecule has 1 aliphatic rings. The molecule has 0 amide bonds. The molecule has 0 saturated heterocycles. The number of nitriles is 1. The first-order valence-corrected chi connectivity index (χ1v) is 5.76. The van der Waals surface area contributed by atoms with Crippen molar-refractivity contribution >= 4 is 17.5 Å². The molecule has 6 heteroatoms. The van der Waals surface area contributed by atoms with Crippen LogP contribution in [0.15, 0.2) is 12.3 Å². The lowest BCUT2D eigenvalue weighted by Gasteiger charge is -2.24. The normalized spacial score (nSPS) is 13.9. The molecule has 6 nitrogen and oxygen atoms in total. The molecule has 1 fully saturated rings. The number of aromatic nitrogens is 1. The van der Waals surface area contributed by atoms with Crippen molar-refractivity contribution in [1.82, 2.24) is 4.98 Å². The average Bonchev–Trinajstić information content (AvgIpc) is 3.15. The summed E-state index contributed by atoms with van der Waals surface area (Å²) in [6, 6.07) is 3.80. The van der Waals surface area contributed by atoms with Gasteiger partial charge in [-0.15, -0.1) is 0 Å². The van der Waals surface area contributed by atoms with E-state index in [1.54, 1.807) is 0 Å². The summed E-state index contributed by atoms with van der Waals surface area (Å²) in [5.41, 5.74) is 6.09. The molecule has 0 spiro atoms. The van der Waals surface area contributed by atoms with E-state index < -0.39 is 5.97 Å². The zero-order valence-electron chi connectivity index (χ0n) is 9.83. The van der Waals surface area contributed by atoms with E-state index in [-0.39, 0.29) is 11.3 Å². The summed E-state index contributed by atoms with van der Waals surface area (Å²) in [6.07, 6.45) is 3.87. The number of pyridine rings is 1. The van der Waals surface area contributed by atoms with Crippen molar-refractivity contribution in [2.24, 2.45) is 0 Å². The van der Waals surface area contributed by atoms with E-state index in [1.165, 1.54) is 12.3 Å². The molecule has 0 aromatic carbocycles. The zero-order chi connectivity index (χ0) is 13.1. The Balaban J connectivity index is 2.32. The molecule has 0 unspecified atom stereocenters. The van der Waals surface area contributed by atoms with E-state index in [1.807, 2.05) is 4.90 Å². The number of rotatable bonds is 5. The maximum atomic E-state index is 11.0. The van der Waals surface area contributed by atoms with Crippen LogP contribution in [-0.2, 0) is 0 Å². The van der Waals surface area contributed by atoms with Gasteiger partial charge in [0.15, 0.2) is 5.82 Å². The molecule has 3 N–H and O–H groups in total. The molecule has 94 valence electrons. The van der Waals surface area contributed by atoms with Crippen LogP contribution in [0.25, 0.3) is 0 Å². The fourth-order valence-electron chi connectivity index (χ4n) is 1.90. The van der Waals surface area contributed by atoms with Crippen LogP contribution in [0.1, 0.15) is 29.6 Å². The van der Waals surface area contributed by atoms with Crippen molar-refractivity contribution in [3.05, 3.63) is 17.8 Å². The minimum atomic E-state index is -1.06. The molecular weight excluding hydrogens is 232 g/mol. The summed E-state index contributed by atoms with van der Waals surface area (Å²) in [5.74, 6) is -0.583. The highest BCUT2D eigenvalue weighted by Crippen LogP contribution is 2.34. The number of nitrogens with two attached hydrogens (primary N) is 1. The lowest BCUT2D eigenvalue weighted by atomic mass is 10.2. The zero-order valence-corrected chi connectivity index (χ0v) is 9.83. The van der Waals surface area contributed by atoms with Gasteiger partial charge in [0.2, 0.25) is 0 Å². The maximum Gasteiger partial charge on any atom is 0.337 e. The third-order valence-corrected chi connectivity index (χ3v) is 2.92. The van der Waals surface area contributed by atoms with E-state index in [2.05, 4.69) is 11.1 Å². The van der Waals surface area contributed by atoms with Crippen LogP contribution in [0.3, 0.4) is 0 Å². The van der Waals surface area contributed by atoms with E-state index >= 15 is 0 Å². The van der Waals surface area contributed by atoms with Gasteiger partial charge in [0.25, 0.3) is 0 Å². The Hall–Kier alpha value is -2.29. The predicted molar refractivity (Wildman–Crippen MR) is 66.2 cm³/mol. The minimum absolute atomic E-state index is 0.0580. The summed E-state index contributed by atoms with van der Waals surface area (Å²) in [7, 11) is 0. The molecule has 1 saturated carbocycles. The Morgan fingerprint density at radius 2 is 2.39 bits per heavy atom. The van der Waals surface area contributed by atoms with E-state index in [4.69, 9.17) is 16.1 Å². The van der Waals surface area contributed by atoms with Crippen LogP contribution in [0, 0.1) is 11.3 Å². The van der Waals surface area contributed by atoms with Crippen LogP contribution in [0.5, 0.6) is 0 Å². The van der Waals surface area contributed by atoms with Crippen molar-refractivity contribution in [1.29, 1.82) is 5.26 Å². The third-order valence-electron chi connectivity index (χ3n) is 2.92. The standard InChI is InChI=1S/C12H14N4O2/c13-5-1-7-16(8-2-3-8)11-10(14)9(12(17)18)4-6-15-11/h4,6,8H,1-3,7,14H2,(H,17,18). The number of nitrogens with zero attached hydrogens (tertiary/aromatic N) is 3. The largest absolute Gasteiger partial charge is 0.478 e. The van der Waals surface area contributed by atoms with Crippen molar-refractivity contribution in [3.63, 3.8) is 0 Å². The van der Waals surface area contributed by atoms with Crippen LogP contribution >= 0.6 is 0 Å². The van der Waals surface area contributed by atoms with E-state index in [0.29, 0.717) is 24.8 Å². The highest BCUT2D eigenvalue weighted by atomic mass is 16.4. The lowest BCUT2D eigenvalue weighted by molar-refractivity contribution is 0.0698. The van der Waals surface area contributed by atoms with E-state index in [0.717, 1.165) is 12.8 Å². The van der Waals surface area contributed by atoms with Crippen LogP contribution < -0.4 is 10.6 Å². The first-order valence-electron chi connectivity index (χ1n) is 5.76. The molecule has 0 radical (unpaired) electrons. The van der Waals surface area contributed by atoms with Gasteiger partial charge in [-0.1, -0.05) is 0 Å². The number of hydrogen-bond donors (Lipinski definition) is 2. The second kappa shape index (κ2) is 4.92. The van der Waals surface area contributed by atoms with Gasteiger partial charge in [-0.3, -0.25) is 0 Å². The van der Waals surface area contributed by atoms with Gasteiger partial charge < -0.3 is 15.7 Å². The molecule has 1 aromatic rings. The first kappa shape index (κ1) is 12.2. The van der Waals surface area contributed by atoms with Crippen LogP contribution in [0.4, 0.5) is 11.5 Å². The van der Waals surface area contributed by atoms with E-state index in [9.17, 15) is 4.79 Å². The quantitative estimate of drug-likeness (QED) is 0.810. The van der Waals surface area contributed by atoms with Crippen molar-refractivity contribution in [2.45, 2.75) is 25.3 Å². The summed E-state index contributed by atoms with van der Waals surface area (Å²) < 4.78 is 0. The lowest BCUT2D eigenvalue weighted by Crippen LogP contribution is -2.29. The maximum absolute atomic E-state index is 11.0. The van der Waals surface area contributed by atoms with Crippen molar-refractivity contribution < 1.29 is 9.90 Å².